The highest BCUT2D eigenvalue weighted by atomic mass is 16.6. The lowest BCUT2D eigenvalue weighted by molar-refractivity contribution is 0.0728. The van der Waals surface area contributed by atoms with Gasteiger partial charge in [-0.3, -0.25) is 4.79 Å². The zero-order valence-corrected chi connectivity index (χ0v) is 22.4. The van der Waals surface area contributed by atoms with Crippen molar-refractivity contribution in [1.82, 2.24) is 29.3 Å². The minimum atomic E-state index is -0.291. The molecule has 39 heavy (non-hydrogen) atoms. The second-order valence-corrected chi connectivity index (χ2v) is 10.0. The molecule has 2 amide bonds. The summed E-state index contributed by atoms with van der Waals surface area (Å²) in [6.45, 7) is 6.05. The SMILES string of the molecule is CCOC(=O)N1CC=C(c2cccn3nc(Nc4ccc(C(=O)N5CCN(C)CC(CO)C5)cc4)nc23)CC1. The number of aromatic nitrogens is 3. The van der Waals surface area contributed by atoms with Crippen LogP contribution < -0.4 is 5.32 Å². The Morgan fingerprint density at radius 3 is 2.64 bits per heavy atom. The summed E-state index contributed by atoms with van der Waals surface area (Å²) in [4.78, 5) is 35.5. The van der Waals surface area contributed by atoms with Gasteiger partial charge in [0.2, 0.25) is 5.95 Å². The van der Waals surface area contributed by atoms with Crippen molar-refractivity contribution in [3.63, 3.8) is 0 Å². The predicted molar refractivity (Wildman–Crippen MR) is 148 cm³/mol. The molecule has 0 saturated carbocycles. The van der Waals surface area contributed by atoms with E-state index in [1.54, 1.807) is 28.5 Å². The molecule has 2 aliphatic heterocycles. The van der Waals surface area contributed by atoms with Gasteiger partial charge in [0, 0.05) is 74.8 Å². The fourth-order valence-corrected chi connectivity index (χ4v) is 5.10. The number of hydrogen-bond donors (Lipinski definition) is 2. The van der Waals surface area contributed by atoms with Gasteiger partial charge in [-0.05, 0) is 62.4 Å². The number of nitrogens with zero attached hydrogens (tertiary/aromatic N) is 6. The molecule has 11 heteroatoms. The summed E-state index contributed by atoms with van der Waals surface area (Å²) in [5.74, 6) is 0.467. The van der Waals surface area contributed by atoms with E-state index in [1.165, 1.54) is 0 Å². The van der Waals surface area contributed by atoms with Crippen molar-refractivity contribution in [2.75, 3.05) is 64.8 Å². The number of likely N-dealkylation sites (N-methyl/N-ethyl adjacent to an activating group) is 1. The lowest BCUT2D eigenvalue weighted by Gasteiger charge is -2.25. The van der Waals surface area contributed by atoms with Crippen LogP contribution in [0, 0.1) is 5.92 Å². The van der Waals surface area contributed by atoms with Crippen LogP contribution in [0.25, 0.3) is 11.2 Å². The van der Waals surface area contributed by atoms with E-state index in [9.17, 15) is 14.7 Å². The second-order valence-electron chi connectivity index (χ2n) is 10.0. The highest BCUT2D eigenvalue weighted by molar-refractivity contribution is 5.94. The van der Waals surface area contributed by atoms with Gasteiger partial charge in [0.25, 0.3) is 5.91 Å². The van der Waals surface area contributed by atoms with Gasteiger partial charge >= 0.3 is 6.09 Å². The Morgan fingerprint density at radius 2 is 1.92 bits per heavy atom. The number of ether oxygens (including phenoxy) is 1. The van der Waals surface area contributed by atoms with Gasteiger partial charge in [-0.15, -0.1) is 5.10 Å². The molecule has 0 spiro atoms. The lowest BCUT2D eigenvalue weighted by Crippen LogP contribution is -2.36. The maximum absolute atomic E-state index is 13.1. The van der Waals surface area contributed by atoms with Crippen LogP contribution in [0.2, 0.25) is 0 Å². The predicted octanol–water partition coefficient (Wildman–Crippen LogP) is 2.71. The van der Waals surface area contributed by atoms with Crippen molar-refractivity contribution in [1.29, 1.82) is 0 Å². The van der Waals surface area contributed by atoms with Crippen molar-refractivity contribution in [2.24, 2.45) is 5.92 Å². The molecule has 3 aromatic rings. The zero-order valence-electron chi connectivity index (χ0n) is 22.4. The van der Waals surface area contributed by atoms with E-state index >= 15 is 0 Å². The Labute approximate surface area is 227 Å². The smallest absolute Gasteiger partial charge is 0.410 e. The molecule has 0 bridgehead atoms. The number of carbonyl (C=O) groups is 2. The maximum Gasteiger partial charge on any atom is 0.410 e. The van der Waals surface area contributed by atoms with E-state index in [1.807, 2.05) is 48.5 Å². The van der Waals surface area contributed by atoms with Gasteiger partial charge in [-0.25, -0.2) is 9.31 Å². The number of aliphatic hydroxyl groups excluding tert-OH is 1. The number of fused-ring (bicyclic) bond motifs is 1. The molecule has 1 fully saturated rings. The Morgan fingerprint density at radius 1 is 1.10 bits per heavy atom. The van der Waals surface area contributed by atoms with Crippen LogP contribution in [0.3, 0.4) is 0 Å². The van der Waals surface area contributed by atoms with Crippen molar-refractivity contribution >= 4 is 34.9 Å². The van der Waals surface area contributed by atoms with Crippen molar-refractivity contribution in [3.8, 4) is 0 Å². The summed E-state index contributed by atoms with van der Waals surface area (Å²) < 4.78 is 6.85. The second kappa shape index (κ2) is 11.8. The Balaban J connectivity index is 1.27. The highest BCUT2D eigenvalue weighted by Gasteiger charge is 2.25. The van der Waals surface area contributed by atoms with Gasteiger partial charge < -0.3 is 29.9 Å². The van der Waals surface area contributed by atoms with E-state index in [0.717, 1.165) is 35.6 Å². The molecular weight excluding hydrogens is 498 g/mol. The third-order valence-corrected chi connectivity index (χ3v) is 7.18. The number of nitrogens with one attached hydrogen (secondary N) is 1. The number of amides is 2. The third-order valence-electron chi connectivity index (χ3n) is 7.18. The highest BCUT2D eigenvalue weighted by Crippen LogP contribution is 2.27. The number of anilines is 2. The first-order valence-electron chi connectivity index (χ1n) is 13.4. The zero-order chi connectivity index (χ0) is 27.4. The fourth-order valence-electron chi connectivity index (χ4n) is 5.10. The van der Waals surface area contributed by atoms with Crippen LogP contribution in [0.4, 0.5) is 16.4 Å². The molecule has 0 aliphatic carbocycles. The standard InChI is InChI=1S/C28H35N7O4/c1-3-39-28(38)33-13-10-21(11-14-33)24-5-4-12-35-25(24)30-27(31-35)29-23-8-6-22(7-9-23)26(37)34-16-15-32(2)17-20(18-34)19-36/h4-10,12,20,36H,3,11,13-19H2,1-2H3,(H,29,31). The van der Waals surface area contributed by atoms with Crippen molar-refractivity contribution < 1.29 is 19.4 Å². The van der Waals surface area contributed by atoms with Crippen LogP contribution in [-0.2, 0) is 4.74 Å². The summed E-state index contributed by atoms with van der Waals surface area (Å²) in [5, 5.41) is 17.5. The van der Waals surface area contributed by atoms with Gasteiger partial charge in [0.1, 0.15) is 0 Å². The number of aliphatic hydroxyl groups is 1. The molecule has 1 saturated heterocycles. The lowest BCUT2D eigenvalue weighted by atomic mass is 10.0. The van der Waals surface area contributed by atoms with Gasteiger partial charge in [-0.2, -0.15) is 4.98 Å². The summed E-state index contributed by atoms with van der Waals surface area (Å²) in [5.41, 5.74) is 4.20. The topological polar surface area (TPSA) is 116 Å². The molecule has 2 N–H and O–H groups in total. The summed E-state index contributed by atoms with van der Waals surface area (Å²) in [7, 11) is 2.01. The first-order valence-corrected chi connectivity index (χ1v) is 13.4. The minimum absolute atomic E-state index is 0.0342. The summed E-state index contributed by atoms with van der Waals surface area (Å²) in [6, 6.07) is 11.2. The Hall–Kier alpha value is -3.96. The fraction of sp³-hybridized carbons (Fsp3) is 0.429. The van der Waals surface area contributed by atoms with Crippen LogP contribution in [0.1, 0.15) is 29.3 Å². The number of carbonyl (C=O) groups excluding carboxylic acids is 2. The Kier molecular flexibility index (Phi) is 8.08. The number of benzene rings is 1. The van der Waals surface area contributed by atoms with Crippen LogP contribution in [-0.4, -0.2) is 106 Å². The molecule has 206 valence electrons. The number of hydrogen-bond acceptors (Lipinski definition) is 8. The molecule has 0 radical (unpaired) electrons. The van der Waals surface area contributed by atoms with Gasteiger partial charge in [0.15, 0.2) is 5.65 Å². The van der Waals surface area contributed by atoms with Crippen LogP contribution in [0.15, 0.2) is 48.7 Å². The first-order chi connectivity index (χ1) is 18.9. The molecule has 11 nitrogen and oxygen atoms in total. The average Bonchev–Trinajstić information content (AvgIpc) is 3.27. The third kappa shape index (κ3) is 6.04. The van der Waals surface area contributed by atoms with E-state index in [-0.39, 0.29) is 24.5 Å². The van der Waals surface area contributed by atoms with Crippen LogP contribution >= 0.6 is 0 Å². The molecule has 1 unspecified atom stereocenters. The Bertz CT molecular complexity index is 1350. The molecule has 1 atom stereocenters. The van der Waals surface area contributed by atoms with E-state index in [0.29, 0.717) is 50.7 Å². The maximum atomic E-state index is 13.1. The monoisotopic (exact) mass is 533 g/mol. The van der Waals surface area contributed by atoms with E-state index < -0.39 is 0 Å². The molecule has 5 rings (SSSR count). The summed E-state index contributed by atoms with van der Waals surface area (Å²) >= 11 is 0. The molecule has 2 aliphatic rings. The number of pyridine rings is 1. The van der Waals surface area contributed by atoms with Crippen molar-refractivity contribution in [2.45, 2.75) is 13.3 Å². The van der Waals surface area contributed by atoms with Crippen LogP contribution in [0.5, 0.6) is 0 Å². The van der Waals surface area contributed by atoms with Gasteiger partial charge in [-0.1, -0.05) is 6.08 Å². The molecular formula is C28H35N7O4. The quantitative estimate of drug-likeness (QED) is 0.497. The van der Waals surface area contributed by atoms with Gasteiger partial charge in [0.05, 0.1) is 6.61 Å². The summed E-state index contributed by atoms with van der Waals surface area (Å²) in [6.07, 6.45) is 4.31. The first kappa shape index (κ1) is 26.6. The average molecular weight is 534 g/mol. The largest absolute Gasteiger partial charge is 0.450 e. The van der Waals surface area contributed by atoms with E-state index in [4.69, 9.17) is 9.72 Å². The van der Waals surface area contributed by atoms with Crippen molar-refractivity contribution in [3.05, 3.63) is 59.8 Å². The normalized spacial score (nSPS) is 18.5. The molecule has 4 heterocycles. The van der Waals surface area contributed by atoms with E-state index in [2.05, 4.69) is 15.3 Å². The minimum Gasteiger partial charge on any atom is -0.450 e. The number of rotatable bonds is 6. The molecule has 2 aromatic heterocycles. The molecule has 1 aromatic carbocycles.